The molecule has 0 saturated heterocycles. The van der Waals surface area contributed by atoms with E-state index < -0.39 is 15.6 Å². The third kappa shape index (κ3) is 6.54. The molecule has 44 heavy (non-hydrogen) atoms. The molecular weight excluding hydrogens is 578 g/mol. The van der Waals surface area contributed by atoms with Crippen LogP contribution in [0.1, 0.15) is 41.7 Å². The Hall–Kier alpha value is -4.07. The number of hydrogen-bond acceptors (Lipinski definition) is 9. The number of fused-ring (bicyclic) bond motifs is 1. The van der Waals surface area contributed by atoms with Crippen LogP contribution in [0.25, 0.3) is 10.9 Å². The van der Waals surface area contributed by atoms with Gasteiger partial charge in [-0.15, -0.1) is 0 Å². The molecule has 3 heterocycles. The Morgan fingerprint density at radius 2 is 1.86 bits per heavy atom. The van der Waals surface area contributed by atoms with E-state index in [1.54, 1.807) is 13.1 Å². The van der Waals surface area contributed by atoms with E-state index in [1.807, 2.05) is 24.3 Å². The molecule has 6 rings (SSSR count). The quantitative estimate of drug-likeness (QED) is 0.204. The van der Waals surface area contributed by atoms with E-state index in [0.717, 1.165) is 42.5 Å². The van der Waals surface area contributed by atoms with Gasteiger partial charge in [-0.25, -0.2) is 18.4 Å². The fraction of sp³-hybridized carbons (Fsp3) is 0.419. The second-order valence-corrected chi connectivity index (χ2v) is 14.1. The Kier molecular flexibility index (Phi) is 8.03. The maximum absolute atomic E-state index is 13.2. The van der Waals surface area contributed by atoms with E-state index >= 15 is 0 Å². The molecular formula is C31H39N9O3S. The minimum Gasteiger partial charge on any atom is -0.352 e. The lowest BCUT2D eigenvalue weighted by Gasteiger charge is -2.25. The van der Waals surface area contributed by atoms with Crippen molar-refractivity contribution in [3.05, 3.63) is 66.1 Å². The fourth-order valence-electron chi connectivity index (χ4n) is 5.32. The molecule has 232 valence electrons. The van der Waals surface area contributed by atoms with Crippen LogP contribution in [-0.4, -0.2) is 83.5 Å². The number of anilines is 4. The van der Waals surface area contributed by atoms with Crippen molar-refractivity contribution in [1.29, 1.82) is 0 Å². The first-order chi connectivity index (χ1) is 21.0. The van der Waals surface area contributed by atoms with E-state index in [-0.39, 0.29) is 5.91 Å². The van der Waals surface area contributed by atoms with Gasteiger partial charge in [-0.1, -0.05) is 6.07 Å². The Balaban J connectivity index is 1.27. The topological polar surface area (TPSA) is 137 Å². The summed E-state index contributed by atoms with van der Waals surface area (Å²) in [6.45, 7) is 2.45. The number of likely N-dealkylation sites (N-methyl/N-ethyl adjacent to an activating group) is 1. The van der Waals surface area contributed by atoms with E-state index in [1.165, 1.54) is 16.8 Å². The third-order valence-corrected chi connectivity index (χ3v) is 9.74. The van der Waals surface area contributed by atoms with Gasteiger partial charge in [0.05, 0.1) is 17.5 Å². The van der Waals surface area contributed by atoms with Gasteiger partial charge in [-0.05, 0) is 82.1 Å². The average Bonchev–Trinajstić information content (AvgIpc) is 3.92. The zero-order chi connectivity index (χ0) is 31.1. The van der Waals surface area contributed by atoms with Crippen molar-refractivity contribution >= 4 is 50.1 Å². The molecule has 3 aromatic heterocycles. The van der Waals surface area contributed by atoms with E-state index in [9.17, 15) is 13.2 Å². The smallest absolute Gasteiger partial charge is 0.256 e. The number of carbonyl (C=O) groups excluding carboxylic acids is 1. The van der Waals surface area contributed by atoms with Gasteiger partial charge in [0.1, 0.15) is 17.2 Å². The number of sulfonamides is 1. The second-order valence-electron chi connectivity index (χ2n) is 12.1. The van der Waals surface area contributed by atoms with Gasteiger partial charge in [0.15, 0.2) is 0 Å². The van der Waals surface area contributed by atoms with Crippen molar-refractivity contribution in [3.63, 3.8) is 0 Å². The molecule has 13 heteroatoms. The number of benzene rings is 1. The Bertz CT molecular complexity index is 1800. The lowest BCUT2D eigenvalue weighted by molar-refractivity contribution is 0.0952. The summed E-state index contributed by atoms with van der Waals surface area (Å²) in [6, 6.07) is 13.6. The van der Waals surface area contributed by atoms with Crippen molar-refractivity contribution in [3.8, 4) is 0 Å². The summed E-state index contributed by atoms with van der Waals surface area (Å²) in [7, 11) is 2.30. The molecule has 1 aromatic carbocycles. The molecule has 1 amide bonds. The zero-order valence-corrected chi connectivity index (χ0v) is 26.4. The van der Waals surface area contributed by atoms with Crippen LogP contribution in [0.5, 0.6) is 0 Å². The van der Waals surface area contributed by atoms with Crippen LogP contribution >= 0.6 is 0 Å². The third-order valence-electron chi connectivity index (χ3n) is 8.39. The number of aromatic nitrogens is 4. The maximum atomic E-state index is 13.2. The molecule has 0 aliphatic heterocycles. The predicted octanol–water partition coefficient (Wildman–Crippen LogP) is 3.90. The predicted molar refractivity (Wildman–Crippen MR) is 172 cm³/mol. The number of nitrogens with zero attached hydrogens (tertiary/aromatic N) is 6. The molecule has 0 bridgehead atoms. The van der Waals surface area contributed by atoms with Crippen LogP contribution in [0.15, 0.2) is 54.9 Å². The Morgan fingerprint density at radius 1 is 1.07 bits per heavy atom. The number of rotatable bonds is 13. The minimum atomic E-state index is -3.41. The first-order valence-electron chi connectivity index (χ1n) is 14.9. The van der Waals surface area contributed by atoms with E-state index in [0.29, 0.717) is 54.1 Å². The van der Waals surface area contributed by atoms with Gasteiger partial charge in [-0.2, -0.15) is 9.29 Å². The molecule has 0 spiro atoms. The summed E-state index contributed by atoms with van der Waals surface area (Å²) in [6.07, 6.45) is 8.42. The summed E-state index contributed by atoms with van der Waals surface area (Å²) in [5.41, 5.74) is 2.24. The first-order valence-corrected chi connectivity index (χ1v) is 16.7. The van der Waals surface area contributed by atoms with Crippen LogP contribution in [0.3, 0.4) is 0 Å². The monoisotopic (exact) mass is 617 g/mol. The molecule has 0 radical (unpaired) electrons. The minimum absolute atomic E-state index is 0.266. The van der Waals surface area contributed by atoms with Crippen LogP contribution in [0, 0.1) is 5.92 Å². The van der Waals surface area contributed by atoms with Crippen LogP contribution in [0.4, 0.5) is 23.3 Å². The lowest BCUT2D eigenvalue weighted by atomic mass is 10.1. The summed E-state index contributed by atoms with van der Waals surface area (Å²) in [5, 5.41) is 10.6. The second kappa shape index (κ2) is 11.8. The Labute approximate surface area is 257 Å². The molecule has 2 aliphatic carbocycles. The lowest BCUT2D eigenvalue weighted by Crippen LogP contribution is -2.37. The van der Waals surface area contributed by atoms with Crippen LogP contribution < -0.4 is 16.0 Å². The number of amides is 1. The summed E-state index contributed by atoms with van der Waals surface area (Å²) >= 11 is 0. The number of pyridine rings is 1. The highest BCUT2D eigenvalue weighted by Crippen LogP contribution is 2.50. The standard InChI is InChI=1S/C31H39N9O3S/c1-38(2)16-17-40-15-12-22-18-23(10-11-25(22)40)34-30-33-20-24(29(41)32-19-21-8-9-21)28(37-30)36-27-7-5-6-26(35-27)31(13-14-31)39(3)44(4,42)43/h5-7,10-12,15,18,20-21H,8-9,13-14,16-17,19H2,1-4H3,(H,32,41)(H2,33,34,35,36,37). The van der Waals surface area contributed by atoms with Gasteiger partial charge < -0.3 is 25.4 Å². The summed E-state index contributed by atoms with van der Waals surface area (Å²) in [4.78, 5) is 29.3. The molecule has 2 saturated carbocycles. The van der Waals surface area contributed by atoms with Gasteiger partial charge in [0, 0.05) is 55.7 Å². The van der Waals surface area contributed by atoms with Crippen molar-refractivity contribution in [2.75, 3.05) is 51.1 Å². The molecule has 12 nitrogen and oxygen atoms in total. The zero-order valence-electron chi connectivity index (χ0n) is 25.5. The largest absolute Gasteiger partial charge is 0.352 e. The molecule has 0 unspecified atom stereocenters. The first kappa shape index (κ1) is 30.0. The summed E-state index contributed by atoms with van der Waals surface area (Å²) < 4.78 is 28.3. The molecule has 4 aromatic rings. The van der Waals surface area contributed by atoms with Crippen molar-refractivity contribution in [2.45, 2.75) is 37.8 Å². The van der Waals surface area contributed by atoms with Gasteiger partial charge in [0.2, 0.25) is 16.0 Å². The van der Waals surface area contributed by atoms with Crippen molar-refractivity contribution < 1.29 is 13.2 Å². The fourth-order valence-corrected chi connectivity index (χ4v) is 6.23. The number of hydrogen-bond donors (Lipinski definition) is 3. The molecule has 0 atom stereocenters. The normalized spacial score (nSPS) is 16.0. The van der Waals surface area contributed by atoms with Gasteiger partial charge in [-0.3, -0.25) is 4.79 Å². The molecule has 3 N–H and O–H groups in total. The van der Waals surface area contributed by atoms with Gasteiger partial charge in [0.25, 0.3) is 5.91 Å². The number of carbonyl (C=O) groups is 1. The highest BCUT2D eigenvalue weighted by atomic mass is 32.2. The van der Waals surface area contributed by atoms with Gasteiger partial charge >= 0.3 is 0 Å². The molecule has 2 aliphatic rings. The average molecular weight is 618 g/mol. The highest BCUT2D eigenvalue weighted by Gasteiger charge is 2.52. The van der Waals surface area contributed by atoms with Crippen molar-refractivity contribution in [1.82, 2.24) is 34.0 Å². The van der Waals surface area contributed by atoms with Crippen LogP contribution in [0.2, 0.25) is 0 Å². The highest BCUT2D eigenvalue weighted by molar-refractivity contribution is 7.88. The maximum Gasteiger partial charge on any atom is 0.256 e. The Morgan fingerprint density at radius 3 is 2.57 bits per heavy atom. The van der Waals surface area contributed by atoms with Crippen molar-refractivity contribution in [2.24, 2.45) is 5.92 Å². The van der Waals surface area contributed by atoms with E-state index in [4.69, 9.17) is 9.97 Å². The number of nitrogens with one attached hydrogen (secondary N) is 3. The van der Waals surface area contributed by atoms with Crippen LogP contribution in [-0.2, 0) is 22.1 Å². The SMILES string of the molecule is CN(C)CCn1ccc2cc(Nc3ncc(C(=O)NCC4CC4)c(Nc4cccc(C5(N(C)S(C)(=O)=O)CC5)n4)n3)ccc21. The van der Waals surface area contributed by atoms with E-state index in [2.05, 4.69) is 62.8 Å². The molecule has 2 fully saturated rings. The summed E-state index contributed by atoms with van der Waals surface area (Å²) in [5.74, 6) is 1.34.